The lowest BCUT2D eigenvalue weighted by Crippen LogP contribution is -2.28. The molecule has 0 fully saturated rings. The normalized spacial score (nSPS) is 12.6. The van der Waals surface area contributed by atoms with Gasteiger partial charge in [0.05, 0.1) is 0 Å². The molecular formula is C10H5F3O5S. The van der Waals surface area contributed by atoms with Gasteiger partial charge < -0.3 is 8.60 Å². The zero-order valence-electron chi connectivity index (χ0n) is 8.97. The molecule has 0 aliphatic rings. The van der Waals surface area contributed by atoms with Gasteiger partial charge in [0.1, 0.15) is 11.3 Å². The quantitative estimate of drug-likeness (QED) is 0.481. The Labute approximate surface area is 104 Å². The standard InChI is InChI=1S/C10H5F3O5S/c11-10(12,13)19(15,16)18-7-3-1-6-2-4-9(14)17-8(6)5-7/h1-5H. The lowest BCUT2D eigenvalue weighted by molar-refractivity contribution is -0.0500. The molecule has 19 heavy (non-hydrogen) atoms. The highest BCUT2D eigenvalue weighted by atomic mass is 32.2. The first kappa shape index (κ1) is 13.4. The summed E-state index contributed by atoms with van der Waals surface area (Å²) in [5.74, 6) is -0.598. The van der Waals surface area contributed by atoms with E-state index in [9.17, 15) is 26.4 Å². The summed E-state index contributed by atoms with van der Waals surface area (Å²) >= 11 is 0. The molecule has 0 aliphatic heterocycles. The first-order chi connectivity index (χ1) is 8.69. The van der Waals surface area contributed by atoms with Crippen LogP contribution < -0.4 is 9.81 Å². The third kappa shape index (κ3) is 2.70. The van der Waals surface area contributed by atoms with Gasteiger partial charge in [-0.1, -0.05) is 0 Å². The number of benzene rings is 1. The second-order valence-corrected chi connectivity index (χ2v) is 4.98. The third-order valence-corrected chi connectivity index (χ3v) is 3.06. The van der Waals surface area contributed by atoms with E-state index in [0.29, 0.717) is 5.39 Å². The van der Waals surface area contributed by atoms with Crippen molar-refractivity contribution in [1.82, 2.24) is 0 Å². The average molecular weight is 294 g/mol. The minimum atomic E-state index is -5.75. The van der Waals surface area contributed by atoms with E-state index < -0.39 is 27.0 Å². The van der Waals surface area contributed by atoms with Crippen LogP contribution in [-0.2, 0) is 10.1 Å². The molecule has 1 aromatic heterocycles. The molecule has 1 aromatic carbocycles. The van der Waals surface area contributed by atoms with Crippen LogP contribution in [0.25, 0.3) is 11.0 Å². The minimum Gasteiger partial charge on any atom is -0.423 e. The van der Waals surface area contributed by atoms with Gasteiger partial charge in [-0.2, -0.15) is 21.6 Å². The maximum Gasteiger partial charge on any atom is 0.534 e. The predicted molar refractivity (Wildman–Crippen MR) is 58.1 cm³/mol. The molecule has 0 atom stereocenters. The van der Waals surface area contributed by atoms with Gasteiger partial charge in [0.25, 0.3) is 0 Å². The Kier molecular flexibility index (Phi) is 3.01. The number of rotatable bonds is 2. The molecule has 1 heterocycles. The monoisotopic (exact) mass is 294 g/mol. The Hall–Kier alpha value is -2.03. The Balaban J connectivity index is 2.45. The van der Waals surface area contributed by atoms with Gasteiger partial charge in [-0.15, -0.1) is 0 Å². The van der Waals surface area contributed by atoms with Crippen LogP contribution in [0.3, 0.4) is 0 Å². The van der Waals surface area contributed by atoms with Crippen LogP contribution in [0.4, 0.5) is 13.2 Å². The van der Waals surface area contributed by atoms with Crippen LogP contribution in [0.1, 0.15) is 0 Å². The van der Waals surface area contributed by atoms with Crippen molar-refractivity contribution in [2.75, 3.05) is 0 Å². The van der Waals surface area contributed by atoms with Crippen LogP contribution in [0.5, 0.6) is 5.75 Å². The van der Waals surface area contributed by atoms with Crippen molar-refractivity contribution in [3.63, 3.8) is 0 Å². The fourth-order valence-electron chi connectivity index (χ4n) is 1.27. The maximum absolute atomic E-state index is 12.1. The van der Waals surface area contributed by atoms with Crippen molar-refractivity contribution in [2.45, 2.75) is 5.51 Å². The van der Waals surface area contributed by atoms with E-state index in [2.05, 4.69) is 4.18 Å². The van der Waals surface area contributed by atoms with E-state index in [-0.39, 0.29) is 5.58 Å². The highest BCUT2D eigenvalue weighted by Gasteiger charge is 2.48. The topological polar surface area (TPSA) is 73.6 Å². The summed E-state index contributed by atoms with van der Waals surface area (Å²) < 4.78 is 66.5. The highest BCUT2D eigenvalue weighted by Crippen LogP contribution is 2.28. The molecule has 0 radical (unpaired) electrons. The Morgan fingerprint density at radius 2 is 1.74 bits per heavy atom. The number of fused-ring (bicyclic) bond motifs is 1. The molecule has 0 N–H and O–H groups in total. The van der Waals surface area contributed by atoms with E-state index in [4.69, 9.17) is 4.42 Å². The minimum absolute atomic E-state index is 0.0811. The lowest BCUT2D eigenvalue weighted by Gasteiger charge is -2.09. The van der Waals surface area contributed by atoms with Crippen molar-refractivity contribution in [2.24, 2.45) is 0 Å². The highest BCUT2D eigenvalue weighted by molar-refractivity contribution is 7.88. The van der Waals surface area contributed by atoms with Gasteiger partial charge in [0.15, 0.2) is 0 Å². The average Bonchev–Trinajstić information content (AvgIpc) is 2.26. The first-order valence-corrected chi connectivity index (χ1v) is 6.14. The van der Waals surface area contributed by atoms with Crippen molar-refractivity contribution in [1.29, 1.82) is 0 Å². The van der Waals surface area contributed by atoms with Gasteiger partial charge in [0.2, 0.25) is 0 Å². The number of hydrogen-bond donors (Lipinski definition) is 0. The number of alkyl halides is 3. The molecule has 102 valence electrons. The Morgan fingerprint density at radius 3 is 2.37 bits per heavy atom. The SMILES string of the molecule is O=c1ccc2ccc(OS(=O)(=O)C(F)(F)F)cc2o1. The third-order valence-electron chi connectivity index (χ3n) is 2.08. The summed E-state index contributed by atoms with van der Waals surface area (Å²) in [4.78, 5) is 10.9. The fourth-order valence-corrected chi connectivity index (χ4v) is 1.72. The smallest absolute Gasteiger partial charge is 0.423 e. The number of halogens is 3. The van der Waals surface area contributed by atoms with Crippen LogP contribution in [0.2, 0.25) is 0 Å². The van der Waals surface area contributed by atoms with Gasteiger partial charge in [0, 0.05) is 17.5 Å². The van der Waals surface area contributed by atoms with E-state index >= 15 is 0 Å². The summed E-state index contributed by atoms with van der Waals surface area (Å²) in [6.07, 6.45) is 0. The van der Waals surface area contributed by atoms with Crippen molar-refractivity contribution in [3.8, 4) is 5.75 Å². The zero-order valence-corrected chi connectivity index (χ0v) is 9.79. The van der Waals surface area contributed by atoms with E-state index in [1.807, 2.05) is 0 Å². The Bertz CT molecular complexity index is 776. The molecule has 5 nitrogen and oxygen atoms in total. The van der Waals surface area contributed by atoms with Crippen LogP contribution in [0, 0.1) is 0 Å². The molecule has 0 amide bonds. The second-order valence-electron chi connectivity index (χ2n) is 3.44. The van der Waals surface area contributed by atoms with Gasteiger partial charge in [-0.3, -0.25) is 0 Å². The molecule has 0 spiro atoms. The van der Waals surface area contributed by atoms with Gasteiger partial charge in [-0.05, 0) is 18.2 Å². The maximum atomic E-state index is 12.1. The van der Waals surface area contributed by atoms with Crippen molar-refractivity contribution < 1.29 is 30.2 Å². The molecule has 9 heteroatoms. The summed E-state index contributed by atoms with van der Waals surface area (Å²) in [6, 6.07) is 5.67. The van der Waals surface area contributed by atoms with Gasteiger partial charge >= 0.3 is 21.3 Å². The largest absolute Gasteiger partial charge is 0.534 e. The van der Waals surface area contributed by atoms with E-state index in [1.54, 1.807) is 0 Å². The van der Waals surface area contributed by atoms with Crippen LogP contribution in [-0.4, -0.2) is 13.9 Å². The van der Waals surface area contributed by atoms with Crippen molar-refractivity contribution >= 4 is 21.1 Å². The molecule has 0 saturated carbocycles. The summed E-state index contributed by atoms with van der Waals surface area (Å²) in [7, 11) is -5.75. The lowest BCUT2D eigenvalue weighted by atomic mass is 10.2. The molecule has 2 aromatic rings. The van der Waals surface area contributed by atoms with Crippen LogP contribution >= 0.6 is 0 Å². The fraction of sp³-hybridized carbons (Fsp3) is 0.100. The molecule has 2 rings (SSSR count). The molecular weight excluding hydrogens is 289 g/mol. The second kappa shape index (κ2) is 4.26. The first-order valence-electron chi connectivity index (χ1n) is 4.74. The van der Waals surface area contributed by atoms with Gasteiger partial charge in [-0.25, -0.2) is 4.79 Å². The molecule has 0 aliphatic carbocycles. The summed E-state index contributed by atoms with van der Waals surface area (Å²) in [6.45, 7) is 0. The van der Waals surface area contributed by atoms with E-state index in [1.165, 1.54) is 12.1 Å². The molecule has 0 unspecified atom stereocenters. The van der Waals surface area contributed by atoms with E-state index in [0.717, 1.165) is 18.2 Å². The van der Waals surface area contributed by atoms with Crippen LogP contribution in [0.15, 0.2) is 39.5 Å². The Morgan fingerprint density at radius 1 is 1.11 bits per heavy atom. The van der Waals surface area contributed by atoms with Crippen molar-refractivity contribution in [3.05, 3.63) is 40.8 Å². The summed E-state index contributed by atoms with van der Waals surface area (Å²) in [5.41, 5.74) is -6.33. The zero-order chi connectivity index (χ0) is 14.3. The molecule has 0 bridgehead atoms. The number of hydrogen-bond acceptors (Lipinski definition) is 5. The predicted octanol–water partition coefficient (Wildman–Crippen LogP) is 2.02. The summed E-state index contributed by atoms with van der Waals surface area (Å²) in [5, 5.41) is 0.413. The molecule has 0 saturated heterocycles.